The Kier molecular flexibility index (Phi) is 4.17. The summed E-state index contributed by atoms with van der Waals surface area (Å²) in [4.78, 5) is 8.52. The van der Waals surface area contributed by atoms with Gasteiger partial charge in [0.1, 0.15) is 10.9 Å². The Hall–Kier alpha value is -0.880. The largest absolute Gasteiger partial charge is 0.493 e. The molecule has 0 bridgehead atoms. The van der Waals surface area contributed by atoms with E-state index in [0.717, 1.165) is 14.9 Å². The number of nitrogens with zero attached hydrogens (tertiary/aromatic N) is 2. The van der Waals surface area contributed by atoms with Crippen LogP contribution in [0.3, 0.4) is 0 Å². The van der Waals surface area contributed by atoms with Crippen molar-refractivity contribution in [3.63, 3.8) is 0 Å². The van der Waals surface area contributed by atoms with E-state index in [1.54, 1.807) is 6.20 Å². The Balaban J connectivity index is 2.48. The molecule has 0 saturated carbocycles. The van der Waals surface area contributed by atoms with Crippen LogP contribution < -0.4 is 4.74 Å². The highest BCUT2D eigenvalue weighted by molar-refractivity contribution is 14.1. The predicted octanol–water partition coefficient (Wildman–Crippen LogP) is 3.80. The van der Waals surface area contributed by atoms with Crippen molar-refractivity contribution in [1.29, 1.82) is 0 Å². The third kappa shape index (κ3) is 2.87. The maximum atomic E-state index is 5.99. The number of para-hydroxylation sites is 1. The molecule has 0 saturated heterocycles. The van der Waals surface area contributed by atoms with Crippen molar-refractivity contribution in [3.8, 4) is 17.1 Å². The summed E-state index contributed by atoms with van der Waals surface area (Å²) in [7, 11) is 0. The van der Waals surface area contributed by atoms with Gasteiger partial charge in [-0.15, -0.1) is 0 Å². The van der Waals surface area contributed by atoms with Crippen LogP contribution in [0.1, 0.15) is 6.92 Å². The van der Waals surface area contributed by atoms with E-state index in [1.807, 2.05) is 31.2 Å². The van der Waals surface area contributed by atoms with Gasteiger partial charge in [0.25, 0.3) is 0 Å². The smallest absolute Gasteiger partial charge is 0.164 e. The first-order chi connectivity index (χ1) is 8.22. The van der Waals surface area contributed by atoms with Crippen molar-refractivity contribution in [2.45, 2.75) is 6.92 Å². The maximum Gasteiger partial charge on any atom is 0.164 e. The van der Waals surface area contributed by atoms with E-state index in [4.69, 9.17) is 16.3 Å². The Morgan fingerprint density at radius 3 is 2.82 bits per heavy atom. The SMILES string of the molecule is CCOc1ccccc1-c1ncc(I)c(Cl)n1. The molecule has 0 fully saturated rings. The molecule has 1 heterocycles. The van der Waals surface area contributed by atoms with E-state index >= 15 is 0 Å². The number of hydrogen-bond acceptors (Lipinski definition) is 3. The summed E-state index contributed by atoms with van der Waals surface area (Å²) in [6.07, 6.45) is 1.70. The average molecular weight is 361 g/mol. The first-order valence-electron chi connectivity index (χ1n) is 5.12. The van der Waals surface area contributed by atoms with Gasteiger partial charge in [0.05, 0.1) is 15.7 Å². The van der Waals surface area contributed by atoms with Crippen molar-refractivity contribution in [3.05, 3.63) is 39.2 Å². The van der Waals surface area contributed by atoms with Gasteiger partial charge in [-0.3, -0.25) is 0 Å². The summed E-state index contributed by atoms with van der Waals surface area (Å²) in [5.41, 5.74) is 0.854. The summed E-state index contributed by atoms with van der Waals surface area (Å²) in [6.45, 7) is 2.55. The molecule has 0 spiro atoms. The van der Waals surface area contributed by atoms with E-state index in [0.29, 0.717) is 17.6 Å². The normalized spacial score (nSPS) is 10.3. The van der Waals surface area contributed by atoms with E-state index in [-0.39, 0.29) is 0 Å². The Bertz CT molecular complexity index is 534. The molecule has 3 nitrogen and oxygen atoms in total. The molecule has 0 radical (unpaired) electrons. The first kappa shape index (κ1) is 12.6. The zero-order chi connectivity index (χ0) is 12.3. The molecule has 1 aromatic carbocycles. The van der Waals surface area contributed by atoms with Crippen LogP contribution in [0.25, 0.3) is 11.4 Å². The number of aromatic nitrogens is 2. The molecule has 88 valence electrons. The number of rotatable bonds is 3. The maximum absolute atomic E-state index is 5.99. The van der Waals surface area contributed by atoms with Gasteiger partial charge >= 0.3 is 0 Å². The topological polar surface area (TPSA) is 35.0 Å². The van der Waals surface area contributed by atoms with Gasteiger partial charge in [-0.2, -0.15) is 0 Å². The summed E-state index contributed by atoms with van der Waals surface area (Å²) in [6, 6.07) is 7.66. The molecule has 1 aromatic heterocycles. The molecule has 0 N–H and O–H groups in total. The summed E-state index contributed by atoms with van der Waals surface area (Å²) >= 11 is 8.09. The van der Waals surface area contributed by atoms with Crippen molar-refractivity contribution in [1.82, 2.24) is 9.97 Å². The molecule has 0 unspecified atom stereocenters. The van der Waals surface area contributed by atoms with Crippen LogP contribution in [0.4, 0.5) is 0 Å². The molecule has 2 aromatic rings. The number of ether oxygens (including phenoxy) is 1. The fourth-order valence-electron chi connectivity index (χ4n) is 1.41. The van der Waals surface area contributed by atoms with Crippen LogP contribution in [-0.2, 0) is 0 Å². The van der Waals surface area contributed by atoms with Gasteiger partial charge in [-0.1, -0.05) is 23.7 Å². The zero-order valence-electron chi connectivity index (χ0n) is 9.15. The van der Waals surface area contributed by atoms with Gasteiger partial charge in [0, 0.05) is 6.20 Å². The van der Waals surface area contributed by atoms with Crippen molar-refractivity contribution in [2.75, 3.05) is 6.61 Å². The second-order valence-corrected chi connectivity index (χ2v) is 4.78. The van der Waals surface area contributed by atoms with Crippen LogP contribution in [0.15, 0.2) is 30.5 Å². The fourth-order valence-corrected chi connectivity index (χ4v) is 1.80. The number of hydrogen-bond donors (Lipinski definition) is 0. The number of benzene rings is 1. The second kappa shape index (κ2) is 5.64. The Morgan fingerprint density at radius 1 is 1.35 bits per heavy atom. The Morgan fingerprint density at radius 2 is 2.12 bits per heavy atom. The minimum atomic E-state index is 0.460. The lowest BCUT2D eigenvalue weighted by Crippen LogP contribution is -1.97. The lowest BCUT2D eigenvalue weighted by atomic mass is 10.2. The van der Waals surface area contributed by atoms with E-state index in [9.17, 15) is 0 Å². The summed E-state index contributed by atoms with van der Waals surface area (Å²) < 4.78 is 6.37. The lowest BCUT2D eigenvalue weighted by molar-refractivity contribution is 0.341. The third-order valence-electron chi connectivity index (χ3n) is 2.13. The van der Waals surface area contributed by atoms with Crippen LogP contribution in [0.2, 0.25) is 5.15 Å². The Labute approximate surface area is 118 Å². The van der Waals surface area contributed by atoms with Gasteiger partial charge in [-0.05, 0) is 41.6 Å². The molecule has 2 rings (SSSR count). The highest BCUT2D eigenvalue weighted by Crippen LogP contribution is 2.28. The van der Waals surface area contributed by atoms with Gasteiger partial charge < -0.3 is 4.74 Å². The average Bonchev–Trinajstić information content (AvgIpc) is 2.34. The minimum absolute atomic E-state index is 0.460. The van der Waals surface area contributed by atoms with Crippen molar-refractivity contribution in [2.24, 2.45) is 0 Å². The fraction of sp³-hybridized carbons (Fsp3) is 0.167. The molecule has 0 atom stereocenters. The molecule has 0 aliphatic carbocycles. The van der Waals surface area contributed by atoms with E-state index in [2.05, 4.69) is 32.6 Å². The molecule has 0 amide bonds. The lowest BCUT2D eigenvalue weighted by Gasteiger charge is -2.08. The molecule has 0 aliphatic heterocycles. The monoisotopic (exact) mass is 360 g/mol. The summed E-state index contributed by atoms with van der Waals surface area (Å²) in [5.74, 6) is 1.35. The van der Waals surface area contributed by atoms with Crippen LogP contribution in [-0.4, -0.2) is 16.6 Å². The molecular weight excluding hydrogens is 351 g/mol. The molecule has 0 aliphatic rings. The number of halogens is 2. The minimum Gasteiger partial charge on any atom is -0.493 e. The van der Waals surface area contributed by atoms with Gasteiger partial charge in [-0.25, -0.2) is 9.97 Å². The third-order valence-corrected chi connectivity index (χ3v) is 3.53. The van der Waals surface area contributed by atoms with Crippen LogP contribution in [0.5, 0.6) is 5.75 Å². The summed E-state index contributed by atoms with van der Waals surface area (Å²) in [5, 5.41) is 0.460. The molecular formula is C12H10ClIN2O. The standard InChI is InChI=1S/C12H10ClIN2O/c1-2-17-10-6-4-3-5-8(10)12-15-7-9(14)11(13)16-12/h3-7H,2H2,1H3. The highest BCUT2D eigenvalue weighted by atomic mass is 127. The van der Waals surface area contributed by atoms with Crippen LogP contribution in [0, 0.1) is 3.57 Å². The molecule has 5 heteroatoms. The van der Waals surface area contributed by atoms with Gasteiger partial charge in [0.2, 0.25) is 0 Å². The molecule has 17 heavy (non-hydrogen) atoms. The highest BCUT2D eigenvalue weighted by Gasteiger charge is 2.10. The predicted molar refractivity (Wildman–Crippen MR) is 76.4 cm³/mol. The van der Waals surface area contributed by atoms with Crippen molar-refractivity contribution < 1.29 is 4.74 Å². The van der Waals surface area contributed by atoms with E-state index in [1.165, 1.54) is 0 Å². The van der Waals surface area contributed by atoms with Crippen LogP contribution >= 0.6 is 34.2 Å². The van der Waals surface area contributed by atoms with Gasteiger partial charge in [0.15, 0.2) is 5.82 Å². The first-order valence-corrected chi connectivity index (χ1v) is 6.58. The van der Waals surface area contributed by atoms with Crippen molar-refractivity contribution >= 4 is 34.2 Å². The quantitative estimate of drug-likeness (QED) is 0.617. The zero-order valence-corrected chi connectivity index (χ0v) is 12.1. The van der Waals surface area contributed by atoms with E-state index < -0.39 is 0 Å². The second-order valence-electron chi connectivity index (χ2n) is 3.26.